The number of fused-ring (bicyclic) bond motifs is 1. The minimum atomic E-state index is -0.255. The predicted molar refractivity (Wildman–Crippen MR) is 109 cm³/mol. The minimum Gasteiger partial charge on any atom is -0.392 e. The van der Waals surface area contributed by atoms with Crippen LogP contribution in [-0.4, -0.2) is 21.8 Å². The van der Waals surface area contributed by atoms with Crippen LogP contribution in [0.1, 0.15) is 61.0 Å². The number of imidazole rings is 1. The van der Waals surface area contributed by atoms with Crippen LogP contribution < -0.4 is 0 Å². The summed E-state index contributed by atoms with van der Waals surface area (Å²) in [4.78, 5) is 13.9. The Morgan fingerprint density at radius 2 is 1.96 bits per heavy atom. The minimum absolute atomic E-state index is 0.0183. The van der Waals surface area contributed by atoms with Crippen molar-refractivity contribution in [1.29, 1.82) is 0 Å². The Labute approximate surface area is 163 Å². The smallest absolute Gasteiger partial charge is 0.136 e. The first-order valence-corrected chi connectivity index (χ1v) is 9.70. The van der Waals surface area contributed by atoms with Crippen molar-refractivity contribution in [2.24, 2.45) is 5.16 Å². The molecule has 5 heteroatoms. The lowest BCUT2D eigenvalue weighted by Crippen LogP contribution is -2.16. The highest BCUT2D eigenvalue weighted by atomic mass is 19.1. The SMILES string of the molecule is C=C(c1ccc(F)cc1)c1cc(C2C(C)=NOC2C)cc2[nH]c(C3CC3)nc12. The molecule has 0 spiro atoms. The van der Waals surface area contributed by atoms with Crippen LogP contribution in [0.15, 0.2) is 48.1 Å². The van der Waals surface area contributed by atoms with Gasteiger partial charge in [-0.25, -0.2) is 9.37 Å². The van der Waals surface area contributed by atoms with Gasteiger partial charge >= 0.3 is 0 Å². The number of benzene rings is 2. The van der Waals surface area contributed by atoms with Gasteiger partial charge in [-0.05, 0) is 67.7 Å². The molecule has 4 nitrogen and oxygen atoms in total. The predicted octanol–water partition coefficient (Wildman–Crippen LogP) is 5.52. The number of rotatable bonds is 4. The summed E-state index contributed by atoms with van der Waals surface area (Å²) in [7, 11) is 0. The Morgan fingerprint density at radius 1 is 1.21 bits per heavy atom. The van der Waals surface area contributed by atoms with Gasteiger partial charge in [0.15, 0.2) is 0 Å². The van der Waals surface area contributed by atoms with Crippen molar-refractivity contribution < 1.29 is 9.23 Å². The lowest BCUT2D eigenvalue weighted by atomic mass is 9.87. The zero-order valence-electron chi connectivity index (χ0n) is 16.0. The van der Waals surface area contributed by atoms with Crippen molar-refractivity contribution in [3.05, 3.63) is 71.3 Å². The molecule has 0 radical (unpaired) electrons. The first-order valence-electron chi connectivity index (χ1n) is 9.70. The second-order valence-electron chi connectivity index (χ2n) is 7.87. The van der Waals surface area contributed by atoms with Crippen LogP contribution in [0, 0.1) is 5.82 Å². The van der Waals surface area contributed by atoms with E-state index in [2.05, 4.69) is 28.9 Å². The Balaban J connectivity index is 1.67. The van der Waals surface area contributed by atoms with Gasteiger partial charge < -0.3 is 9.82 Å². The molecule has 1 aliphatic heterocycles. The molecule has 142 valence electrons. The summed E-state index contributed by atoms with van der Waals surface area (Å²) in [5.41, 5.74) is 6.70. The Morgan fingerprint density at radius 3 is 2.61 bits per heavy atom. The zero-order valence-corrected chi connectivity index (χ0v) is 16.0. The zero-order chi connectivity index (χ0) is 19.4. The van der Waals surface area contributed by atoms with Crippen molar-refractivity contribution in [3.8, 4) is 0 Å². The van der Waals surface area contributed by atoms with Crippen molar-refractivity contribution in [3.63, 3.8) is 0 Å². The molecule has 0 saturated heterocycles. The number of aromatic nitrogens is 2. The first kappa shape index (κ1) is 17.2. The molecule has 2 aromatic carbocycles. The highest BCUT2D eigenvalue weighted by Crippen LogP contribution is 2.41. The summed E-state index contributed by atoms with van der Waals surface area (Å²) in [6.45, 7) is 8.34. The molecule has 2 atom stereocenters. The van der Waals surface area contributed by atoms with Crippen LogP contribution in [0.5, 0.6) is 0 Å². The standard InChI is InChI=1S/C23H22FN3O/c1-12(15-6-8-18(24)9-7-15)19-10-17(21-13(2)27-28-14(21)3)11-20-22(19)26-23(25-20)16-4-5-16/h6-11,14,16,21H,1,4-5H2,2-3H3,(H,25,26). The third-order valence-electron chi connectivity index (χ3n) is 5.75. The third-order valence-corrected chi connectivity index (χ3v) is 5.75. The monoisotopic (exact) mass is 375 g/mol. The van der Waals surface area contributed by atoms with Gasteiger partial charge in [-0.15, -0.1) is 0 Å². The molecule has 0 amide bonds. The fraction of sp³-hybridized carbons (Fsp3) is 0.304. The van der Waals surface area contributed by atoms with Gasteiger partial charge in [-0.3, -0.25) is 0 Å². The number of nitrogens with zero attached hydrogens (tertiary/aromatic N) is 2. The summed E-state index contributed by atoms with van der Waals surface area (Å²) in [6.07, 6.45) is 2.34. The second kappa shape index (κ2) is 6.30. The highest BCUT2D eigenvalue weighted by Gasteiger charge is 2.32. The van der Waals surface area contributed by atoms with Gasteiger partial charge in [0.05, 0.1) is 22.7 Å². The molecule has 2 aliphatic rings. The molecular formula is C23H22FN3O. The number of oxime groups is 1. The van der Waals surface area contributed by atoms with E-state index >= 15 is 0 Å². The third kappa shape index (κ3) is 2.82. The Hall–Kier alpha value is -2.95. The summed E-state index contributed by atoms with van der Waals surface area (Å²) in [5.74, 6) is 1.41. The van der Waals surface area contributed by atoms with Crippen LogP contribution in [0.25, 0.3) is 16.6 Å². The topological polar surface area (TPSA) is 50.3 Å². The number of halogens is 1. The van der Waals surface area contributed by atoms with E-state index in [9.17, 15) is 4.39 Å². The fourth-order valence-corrected chi connectivity index (χ4v) is 4.06. The molecule has 1 aliphatic carbocycles. The van der Waals surface area contributed by atoms with Gasteiger partial charge in [0.2, 0.25) is 0 Å². The summed E-state index contributed by atoms with van der Waals surface area (Å²) < 4.78 is 13.4. The number of hydrogen-bond donors (Lipinski definition) is 1. The normalized spacial score (nSPS) is 21.6. The Kier molecular flexibility index (Phi) is 3.86. The van der Waals surface area contributed by atoms with E-state index in [1.807, 2.05) is 13.8 Å². The molecule has 1 aromatic heterocycles. The summed E-state index contributed by atoms with van der Waals surface area (Å²) >= 11 is 0. The van der Waals surface area contributed by atoms with Gasteiger partial charge in [-0.2, -0.15) is 0 Å². The maximum Gasteiger partial charge on any atom is 0.136 e. The molecule has 1 saturated carbocycles. The first-order chi connectivity index (χ1) is 13.5. The molecule has 2 heterocycles. The van der Waals surface area contributed by atoms with Crippen molar-refractivity contribution in [2.75, 3.05) is 0 Å². The van der Waals surface area contributed by atoms with E-state index in [1.165, 1.54) is 25.0 Å². The maximum absolute atomic E-state index is 13.4. The van der Waals surface area contributed by atoms with Crippen molar-refractivity contribution in [2.45, 2.75) is 44.6 Å². The molecule has 1 N–H and O–H groups in total. The average Bonchev–Trinajstić information content (AvgIpc) is 3.36. The quantitative estimate of drug-likeness (QED) is 0.653. The van der Waals surface area contributed by atoms with Crippen LogP contribution in [-0.2, 0) is 4.84 Å². The number of hydrogen-bond acceptors (Lipinski definition) is 3. The second-order valence-corrected chi connectivity index (χ2v) is 7.87. The van der Waals surface area contributed by atoms with E-state index in [0.717, 1.165) is 44.8 Å². The largest absolute Gasteiger partial charge is 0.392 e. The van der Waals surface area contributed by atoms with E-state index in [-0.39, 0.29) is 17.8 Å². The summed E-state index contributed by atoms with van der Waals surface area (Å²) in [6, 6.07) is 10.7. The van der Waals surface area contributed by atoms with Gasteiger partial charge in [0.25, 0.3) is 0 Å². The molecular weight excluding hydrogens is 353 g/mol. The highest BCUT2D eigenvalue weighted by molar-refractivity contribution is 5.96. The average molecular weight is 375 g/mol. The van der Waals surface area contributed by atoms with Crippen molar-refractivity contribution in [1.82, 2.24) is 9.97 Å². The van der Waals surface area contributed by atoms with Crippen LogP contribution in [0.2, 0.25) is 0 Å². The molecule has 5 rings (SSSR count). The molecule has 28 heavy (non-hydrogen) atoms. The fourth-order valence-electron chi connectivity index (χ4n) is 4.06. The van der Waals surface area contributed by atoms with E-state index in [0.29, 0.717) is 5.92 Å². The van der Waals surface area contributed by atoms with Crippen LogP contribution in [0.3, 0.4) is 0 Å². The van der Waals surface area contributed by atoms with Crippen molar-refractivity contribution >= 4 is 22.3 Å². The Bertz CT molecular complexity index is 1110. The van der Waals surface area contributed by atoms with Crippen LogP contribution >= 0.6 is 0 Å². The summed E-state index contributed by atoms with van der Waals surface area (Å²) in [5, 5.41) is 4.17. The van der Waals surface area contributed by atoms with E-state index < -0.39 is 0 Å². The lowest BCUT2D eigenvalue weighted by molar-refractivity contribution is 0.0905. The van der Waals surface area contributed by atoms with Gasteiger partial charge in [-0.1, -0.05) is 23.9 Å². The molecule has 1 fully saturated rings. The molecule has 2 unspecified atom stereocenters. The van der Waals surface area contributed by atoms with Gasteiger partial charge in [0.1, 0.15) is 17.7 Å². The lowest BCUT2D eigenvalue weighted by Gasteiger charge is -2.17. The van der Waals surface area contributed by atoms with E-state index in [1.54, 1.807) is 12.1 Å². The number of H-pyrrole nitrogens is 1. The van der Waals surface area contributed by atoms with E-state index in [4.69, 9.17) is 9.82 Å². The number of aromatic amines is 1. The van der Waals surface area contributed by atoms with Gasteiger partial charge in [0, 0.05) is 11.5 Å². The maximum atomic E-state index is 13.4. The number of nitrogens with one attached hydrogen (secondary N) is 1. The van der Waals surface area contributed by atoms with Crippen LogP contribution in [0.4, 0.5) is 4.39 Å². The molecule has 3 aromatic rings. The molecule has 0 bridgehead atoms.